The van der Waals surface area contributed by atoms with Crippen molar-refractivity contribution >= 4 is 11.7 Å². The molecule has 1 aromatic carbocycles. The second-order valence-electron chi connectivity index (χ2n) is 6.44. The molecule has 140 valence electrons. The Morgan fingerprint density at radius 1 is 1.28 bits per heavy atom. The van der Waals surface area contributed by atoms with E-state index in [-0.39, 0.29) is 12.2 Å². The summed E-state index contributed by atoms with van der Waals surface area (Å²) in [4.78, 5) is 22.4. The Kier molecular flexibility index (Phi) is 6.39. The summed E-state index contributed by atoms with van der Waals surface area (Å²) < 4.78 is 46.8. The molecule has 0 bridgehead atoms. The number of rotatable bonds is 6. The van der Waals surface area contributed by atoms with Gasteiger partial charge in [-0.05, 0) is 24.0 Å². The number of ether oxygens (including phenoxy) is 2. The van der Waals surface area contributed by atoms with Crippen LogP contribution in [0.15, 0.2) is 18.2 Å². The molecule has 0 aliphatic heterocycles. The molecule has 0 saturated heterocycles. The average Bonchev–Trinajstić information content (AvgIpc) is 2.43. The van der Waals surface area contributed by atoms with Gasteiger partial charge < -0.3 is 9.47 Å². The number of benzene rings is 1. The molecule has 0 amide bonds. The zero-order valence-corrected chi connectivity index (χ0v) is 14.3. The van der Waals surface area contributed by atoms with Gasteiger partial charge in [0, 0.05) is 6.07 Å². The molecule has 0 aliphatic carbocycles. The van der Waals surface area contributed by atoms with Crippen molar-refractivity contribution in [3.05, 3.63) is 33.9 Å². The van der Waals surface area contributed by atoms with Crippen LogP contribution in [0.25, 0.3) is 0 Å². The van der Waals surface area contributed by atoms with E-state index in [0.717, 1.165) is 12.1 Å². The minimum Gasteiger partial charge on any atom is -0.477 e. The lowest BCUT2D eigenvalue weighted by atomic mass is 9.76. The van der Waals surface area contributed by atoms with Crippen LogP contribution >= 0.6 is 0 Å². The fourth-order valence-electron chi connectivity index (χ4n) is 2.35. The van der Waals surface area contributed by atoms with E-state index in [1.54, 1.807) is 27.7 Å². The largest absolute Gasteiger partial charge is 0.477 e. The first kappa shape index (κ1) is 20.7. The minimum atomic E-state index is -4.64. The van der Waals surface area contributed by atoms with E-state index in [1.807, 2.05) is 0 Å². The van der Waals surface area contributed by atoms with Crippen LogP contribution in [0.1, 0.15) is 39.2 Å². The van der Waals surface area contributed by atoms with E-state index >= 15 is 0 Å². The molecule has 1 aromatic rings. The molecule has 1 unspecified atom stereocenters. The van der Waals surface area contributed by atoms with Gasteiger partial charge in [0.15, 0.2) is 12.4 Å². The van der Waals surface area contributed by atoms with E-state index in [4.69, 9.17) is 4.74 Å². The van der Waals surface area contributed by atoms with Crippen molar-refractivity contribution < 1.29 is 32.4 Å². The summed E-state index contributed by atoms with van der Waals surface area (Å²) in [6, 6.07) is 3.45. The Balaban J connectivity index is 3.34. The second kappa shape index (κ2) is 7.71. The Morgan fingerprint density at radius 3 is 2.32 bits per heavy atom. The van der Waals surface area contributed by atoms with Crippen molar-refractivity contribution in [3.8, 4) is 5.75 Å². The Labute approximate surface area is 143 Å². The molecular weight excluding hydrogens is 343 g/mol. The zero-order valence-electron chi connectivity index (χ0n) is 14.3. The van der Waals surface area contributed by atoms with Crippen molar-refractivity contribution in [1.29, 1.82) is 0 Å². The molecule has 1 rings (SSSR count). The quantitative estimate of drug-likeness (QED) is 0.429. The number of nitro benzene ring substituents is 1. The maximum atomic E-state index is 12.4. The molecule has 0 spiro atoms. The number of alkyl halides is 3. The molecule has 1 atom stereocenters. The van der Waals surface area contributed by atoms with Crippen molar-refractivity contribution in [2.75, 3.05) is 13.2 Å². The van der Waals surface area contributed by atoms with Gasteiger partial charge in [0.1, 0.15) is 0 Å². The summed E-state index contributed by atoms with van der Waals surface area (Å²) in [5, 5.41) is 11.0. The van der Waals surface area contributed by atoms with Gasteiger partial charge in [0.25, 0.3) is 0 Å². The zero-order chi connectivity index (χ0) is 19.4. The van der Waals surface area contributed by atoms with Crippen LogP contribution in [-0.4, -0.2) is 30.3 Å². The highest BCUT2D eigenvalue weighted by Crippen LogP contribution is 2.40. The predicted octanol–water partition coefficient (Wildman–Crippen LogP) is 4.23. The third-order valence-corrected chi connectivity index (χ3v) is 3.29. The molecular formula is C16H20F3NO5. The summed E-state index contributed by atoms with van der Waals surface area (Å²) in [6.07, 6.45) is -4.64. The van der Waals surface area contributed by atoms with Gasteiger partial charge in [-0.1, -0.05) is 26.8 Å². The summed E-state index contributed by atoms with van der Waals surface area (Å²) in [5.41, 5.74) is -0.942. The molecule has 0 fully saturated rings. The number of carbonyl (C=O) groups is 1. The first-order valence-electron chi connectivity index (χ1n) is 7.51. The smallest absolute Gasteiger partial charge is 0.422 e. The highest BCUT2D eigenvalue weighted by Gasteiger charge is 2.36. The van der Waals surface area contributed by atoms with Crippen LogP contribution in [-0.2, 0) is 9.53 Å². The summed E-state index contributed by atoms with van der Waals surface area (Å²) >= 11 is 0. The molecule has 9 heteroatoms. The maximum Gasteiger partial charge on any atom is 0.422 e. The summed E-state index contributed by atoms with van der Waals surface area (Å²) in [6.45, 7) is 5.36. The number of carbonyl (C=O) groups excluding carboxylic acids is 1. The summed E-state index contributed by atoms with van der Waals surface area (Å²) in [7, 11) is 0. The van der Waals surface area contributed by atoms with E-state index in [0.29, 0.717) is 0 Å². The van der Waals surface area contributed by atoms with Crippen molar-refractivity contribution in [2.45, 2.75) is 39.8 Å². The molecule has 0 heterocycles. The lowest BCUT2D eigenvalue weighted by Gasteiger charge is -2.29. The Morgan fingerprint density at radius 2 is 1.88 bits per heavy atom. The van der Waals surface area contributed by atoms with Gasteiger partial charge in [-0.3, -0.25) is 14.9 Å². The fourth-order valence-corrected chi connectivity index (χ4v) is 2.35. The van der Waals surface area contributed by atoms with Crippen LogP contribution in [0.5, 0.6) is 5.75 Å². The van der Waals surface area contributed by atoms with Crippen molar-refractivity contribution in [1.82, 2.24) is 0 Å². The number of hydrogen-bond donors (Lipinski definition) is 0. The van der Waals surface area contributed by atoms with Gasteiger partial charge >= 0.3 is 17.8 Å². The Bertz CT molecular complexity index is 638. The lowest BCUT2D eigenvalue weighted by molar-refractivity contribution is -0.386. The lowest BCUT2D eigenvalue weighted by Crippen LogP contribution is -2.28. The van der Waals surface area contributed by atoms with Crippen molar-refractivity contribution in [3.63, 3.8) is 0 Å². The maximum absolute atomic E-state index is 12.4. The molecule has 0 N–H and O–H groups in total. The van der Waals surface area contributed by atoms with Crippen molar-refractivity contribution in [2.24, 2.45) is 5.41 Å². The molecule has 0 saturated carbocycles. The molecule has 0 aromatic heterocycles. The first-order chi connectivity index (χ1) is 11.4. The van der Waals surface area contributed by atoms with Gasteiger partial charge in [0.2, 0.25) is 0 Å². The van der Waals surface area contributed by atoms with Gasteiger partial charge in [-0.2, -0.15) is 13.2 Å². The van der Waals surface area contributed by atoms with Crippen LogP contribution in [0, 0.1) is 15.5 Å². The van der Waals surface area contributed by atoms with Gasteiger partial charge in [-0.15, -0.1) is 0 Å². The molecule has 25 heavy (non-hydrogen) atoms. The van der Waals surface area contributed by atoms with Gasteiger partial charge in [0.05, 0.1) is 17.4 Å². The number of nitrogens with zero attached hydrogens (tertiary/aromatic N) is 1. The van der Waals surface area contributed by atoms with E-state index in [1.165, 1.54) is 6.07 Å². The minimum absolute atomic E-state index is 0.135. The van der Waals surface area contributed by atoms with E-state index in [9.17, 15) is 28.1 Å². The topological polar surface area (TPSA) is 78.7 Å². The van der Waals surface area contributed by atoms with E-state index < -0.39 is 46.4 Å². The summed E-state index contributed by atoms with van der Waals surface area (Å²) in [5.74, 6) is -1.93. The standard InChI is InChI=1S/C16H20F3NO5/c1-5-24-14(21)13(15(2,3)4)10-6-7-11(20(22)23)12(8-10)25-9-16(17,18)19/h6-8,13H,5,9H2,1-4H3. The third kappa shape index (κ3) is 5.91. The predicted molar refractivity (Wildman–Crippen MR) is 83.5 cm³/mol. The van der Waals surface area contributed by atoms with Crippen LogP contribution < -0.4 is 4.74 Å². The SMILES string of the molecule is CCOC(=O)C(c1ccc([N+](=O)[O-])c(OCC(F)(F)F)c1)C(C)(C)C. The first-order valence-corrected chi connectivity index (χ1v) is 7.51. The highest BCUT2D eigenvalue weighted by molar-refractivity contribution is 5.79. The fraction of sp³-hybridized carbons (Fsp3) is 0.562. The second-order valence-corrected chi connectivity index (χ2v) is 6.44. The molecule has 0 aliphatic rings. The number of hydrogen-bond acceptors (Lipinski definition) is 5. The Hall–Kier alpha value is -2.32. The molecule has 0 radical (unpaired) electrons. The normalized spacial score (nSPS) is 13.2. The number of esters is 1. The number of nitro groups is 1. The van der Waals surface area contributed by atoms with E-state index in [2.05, 4.69) is 4.74 Å². The monoisotopic (exact) mass is 363 g/mol. The van der Waals surface area contributed by atoms with Crippen LogP contribution in [0.2, 0.25) is 0 Å². The van der Waals surface area contributed by atoms with Crippen LogP contribution in [0.4, 0.5) is 18.9 Å². The van der Waals surface area contributed by atoms with Crippen LogP contribution in [0.3, 0.4) is 0 Å². The average molecular weight is 363 g/mol. The highest BCUT2D eigenvalue weighted by atomic mass is 19.4. The molecule has 6 nitrogen and oxygen atoms in total. The number of halogens is 3. The third-order valence-electron chi connectivity index (χ3n) is 3.29. The van der Waals surface area contributed by atoms with Gasteiger partial charge in [-0.25, -0.2) is 0 Å².